The van der Waals surface area contributed by atoms with Gasteiger partial charge in [0.25, 0.3) is 0 Å². The average Bonchev–Trinajstić information content (AvgIpc) is 2.82. The predicted molar refractivity (Wildman–Crippen MR) is 74.2 cm³/mol. The molecule has 2 heteroatoms. The highest BCUT2D eigenvalue weighted by Gasteiger charge is 2.32. The first-order valence-electron chi connectivity index (χ1n) is 7.64. The molecular formula is C15H31NO. The molecule has 1 rings (SSSR count). The number of nitrogens with one attached hydrogen (secondary N) is 1. The van der Waals surface area contributed by atoms with E-state index in [0.29, 0.717) is 6.61 Å². The Morgan fingerprint density at radius 2 is 1.65 bits per heavy atom. The van der Waals surface area contributed by atoms with Crippen molar-refractivity contribution >= 4 is 0 Å². The van der Waals surface area contributed by atoms with Gasteiger partial charge in [-0.2, -0.15) is 0 Å². The summed E-state index contributed by atoms with van der Waals surface area (Å²) in [5.74, 6) is 0. The molecule has 0 bridgehead atoms. The van der Waals surface area contributed by atoms with Crippen molar-refractivity contribution in [2.75, 3.05) is 19.7 Å². The number of rotatable bonds is 10. The van der Waals surface area contributed by atoms with Crippen molar-refractivity contribution in [2.24, 2.45) is 5.41 Å². The zero-order chi connectivity index (χ0) is 12.4. The van der Waals surface area contributed by atoms with Crippen LogP contribution in [0.4, 0.5) is 0 Å². The minimum Gasteiger partial charge on any atom is -0.396 e. The van der Waals surface area contributed by atoms with Crippen molar-refractivity contribution in [1.29, 1.82) is 0 Å². The molecule has 0 saturated heterocycles. The van der Waals surface area contributed by atoms with E-state index in [0.717, 1.165) is 13.1 Å². The van der Waals surface area contributed by atoms with Gasteiger partial charge < -0.3 is 10.4 Å². The van der Waals surface area contributed by atoms with E-state index in [1.54, 1.807) is 0 Å². The van der Waals surface area contributed by atoms with E-state index in [4.69, 9.17) is 0 Å². The van der Waals surface area contributed by atoms with E-state index in [1.165, 1.54) is 64.2 Å². The van der Waals surface area contributed by atoms with Crippen LogP contribution in [-0.4, -0.2) is 24.8 Å². The largest absolute Gasteiger partial charge is 0.396 e. The maximum Gasteiger partial charge on any atom is 0.0499 e. The van der Waals surface area contributed by atoms with Crippen LogP contribution >= 0.6 is 0 Å². The molecule has 102 valence electrons. The quantitative estimate of drug-likeness (QED) is 0.574. The van der Waals surface area contributed by atoms with Crippen LogP contribution in [0.3, 0.4) is 0 Å². The molecule has 0 unspecified atom stereocenters. The summed E-state index contributed by atoms with van der Waals surface area (Å²) in [6.45, 7) is 4.79. The van der Waals surface area contributed by atoms with E-state index in [-0.39, 0.29) is 5.41 Å². The molecule has 17 heavy (non-hydrogen) atoms. The molecule has 2 N–H and O–H groups in total. The molecular weight excluding hydrogens is 210 g/mol. The van der Waals surface area contributed by atoms with Gasteiger partial charge >= 0.3 is 0 Å². The lowest BCUT2D eigenvalue weighted by Gasteiger charge is -2.26. The Kier molecular flexibility index (Phi) is 7.87. The summed E-state index contributed by atoms with van der Waals surface area (Å²) in [7, 11) is 0. The number of hydrogen-bond donors (Lipinski definition) is 2. The first-order valence-corrected chi connectivity index (χ1v) is 7.64. The Morgan fingerprint density at radius 1 is 1.00 bits per heavy atom. The van der Waals surface area contributed by atoms with Gasteiger partial charge in [-0.05, 0) is 25.8 Å². The lowest BCUT2D eigenvalue weighted by Crippen LogP contribution is -2.35. The Labute approximate surface area is 107 Å². The summed E-state index contributed by atoms with van der Waals surface area (Å²) in [5, 5.41) is 13.0. The molecule has 1 aliphatic rings. The maximum absolute atomic E-state index is 9.48. The predicted octanol–water partition coefficient (Wildman–Crippen LogP) is 3.49. The van der Waals surface area contributed by atoms with E-state index in [1.807, 2.05) is 0 Å². The van der Waals surface area contributed by atoms with E-state index >= 15 is 0 Å². The van der Waals surface area contributed by atoms with E-state index in [9.17, 15) is 5.11 Å². The average molecular weight is 241 g/mol. The number of aliphatic hydroxyl groups is 1. The summed E-state index contributed by atoms with van der Waals surface area (Å²) in [6, 6.07) is 0. The van der Waals surface area contributed by atoms with Crippen LogP contribution < -0.4 is 5.32 Å². The minimum atomic E-state index is 0.224. The molecule has 1 aliphatic carbocycles. The second-order valence-electron chi connectivity index (χ2n) is 5.81. The van der Waals surface area contributed by atoms with Crippen molar-refractivity contribution < 1.29 is 5.11 Å². The molecule has 0 aromatic carbocycles. The summed E-state index contributed by atoms with van der Waals surface area (Å²) in [6.07, 6.45) is 13.2. The molecule has 0 atom stereocenters. The van der Waals surface area contributed by atoms with Crippen LogP contribution in [0.25, 0.3) is 0 Å². The van der Waals surface area contributed by atoms with Gasteiger partial charge in [-0.25, -0.2) is 0 Å². The summed E-state index contributed by atoms with van der Waals surface area (Å²) in [4.78, 5) is 0. The monoisotopic (exact) mass is 241 g/mol. The van der Waals surface area contributed by atoms with Crippen molar-refractivity contribution in [3.8, 4) is 0 Å². The molecule has 0 spiro atoms. The van der Waals surface area contributed by atoms with E-state index in [2.05, 4.69) is 12.2 Å². The second kappa shape index (κ2) is 8.93. The Hall–Kier alpha value is -0.0800. The van der Waals surface area contributed by atoms with Gasteiger partial charge in [-0.15, -0.1) is 0 Å². The Morgan fingerprint density at radius 3 is 2.29 bits per heavy atom. The van der Waals surface area contributed by atoms with Gasteiger partial charge in [0.1, 0.15) is 0 Å². The van der Waals surface area contributed by atoms with Crippen molar-refractivity contribution in [3.63, 3.8) is 0 Å². The third-order valence-electron chi connectivity index (χ3n) is 4.21. The van der Waals surface area contributed by atoms with Crippen molar-refractivity contribution in [2.45, 2.75) is 71.1 Å². The molecule has 0 aromatic rings. The molecule has 0 heterocycles. The van der Waals surface area contributed by atoms with E-state index < -0.39 is 0 Å². The minimum absolute atomic E-state index is 0.224. The molecule has 0 radical (unpaired) electrons. The lowest BCUT2D eigenvalue weighted by atomic mass is 9.87. The Bertz CT molecular complexity index is 176. The fraction of sp³-hybridized carbons (Fsp3) is 1.00. The number of hydrogen-bond acceptors (Lipinski definition) is 2. The maximum atomic E-state index is 9.48. The highest BCUT2D eigenvalue weighted by molar-refractivity contribution is 4.85. The zero-order valence-electron chi connectivity index (χ0n) is 11.6. The molecule has 0 aliphatic heterocycles. The van der Waals surface area contributed by atoms with Gasteiger partial charge in [-0.1, -0.05) is 51.9 Å². The van der Waals surface area contributed by atoms with Crippen LogP contribution in [0.2, 0.25) is 0 Å². The zero-order valence-corrected chi connectivity index (χ0v) is 11.6. The van der Waals surface area contributed by atoms with Crippen LogP contribution in [0.5, 0.6) is 0 Å². The first kappa shape index (κ1) is 15.0. The molecule has 1 saturated carbocycles. The van der Waals surface area contributed by atoms with Crippen molar-refractivity contribution in [1.82, 2.24) is 5.32 Å². The van der Waals surface area contributed by atoms with Crippen LogP contribution in [0, 0.1) is 5.41 Å². The van der Waals surface area contributed by atoms with Crippen LogP contribution in [0.1, 0.15) is 71.1 Å². The third-order valence-corrected chi connectivity index (χ3v) is 4.21. The highest BCUT2D eigenvalue weighted by atomic mass is 16.3. The highest BCUT2D eigenvalue weighted by Crippen LogP contribution is 2.36. The summed E-state index contributed by atoms with van der Waals surface area (Å²) < 4.78 is 0. The third kappa shape index (κ3) is 5.87. The molecule has 0 amide bonds. The van der Waals surface area contributed by atoms with Gasteiger partial charge in [0.05, 0.1) is 0 Å². The number of unbranched alkanes of at least 4 members (excludes halogenated alkanes) is 5. The number of aliphatic hydroxyl groups excluding tert-OH is 1. The standard InChI is InChI=1S/C15H31NO/c1-2-3-4-5-6-9-12-16-13-15(14-17)10-7-8-11-15/h16-17H,2-14H2,1H3. The van der Waals surface area contributed by atoms with Gasteiger partial charge in [0.2, 0.25) is 0 Å². The molecule has 1 fully saturated rings. The normalized spacial score (nSPS) is 18.7. The Balaban J connectivity index is 1.92. The molecule has 0 aromatic heterocycles. The van der Waals surface area contributed by atoms with Gasteiger partial charge in [-0.3, -0.25) is 0 Å². The fourth-order valence-corrected chi connectivity index (χ4v) is 2.90. The van der Waals surface area contributed by atoms with Gasteiger partial charge in [0.15, 0.2) is 0 Å². The van der Waals surface area contributed by atoms with Crippen LogP contribution in [0.15, 0.2) is 0 Å². The van der Waals surface area contributed by atoms with Crippen molar-refractivity contribution in [3.05, 3.63) is 0 Å². The summed E-state index contributed by atoms with van der Waals surface area (Å²) >= 11 is 0. The first-order chi connectivity index (χ1) is 8.33. The molecule has 2 nitrogen and oxygen atoms in total. The SMILES string of the molecule is CCCCCCCCNCC1(CO)CCCC1. The smallest absolute Gasteiger partial charge is 0.0499 e. The second-order valence-corrected chi connectivity index (χ2v) is 5.81. The topological polar surface area (TPSA) is 32.3 Å². The fourth-order valence-electron chi connectivity index (χ4n) is 2.90. The lowest BCUT2D eigenvalue weighted by molar-refractivity contribution is 0.128. The summed E-state index contributed by atoms with van der Waals surface area (Å²) in [5.41, 5.74) is 0.224. The van der Waals surface area contributed by atoms with Gasteiger partial charge in [0, 0.05) is 18.6 Å². The van der Waals surface area contributed by atoms with Crippen LogP contribution in [-0.2, 0) is 0 Å².